The Morgan fingerprint density at radius 3 is 2.44 bits per heavy atom. The minimum Gasteiger partial charge on any atom is -0.382 e. The van der Waals surface area contributed by atoms with Gasteiger partial charge in [-0.1, -0.05) is 26.1 Å². The summed E-state index contributed by atoms with van der Waals surface area (Å²) in [5, 5.41) is 0. The number of nitrogen functional groups attached to an aromatic ring is 2. The molecule has 4 unspecified atom stereocenters. The lowest BCUT2D eigenvalue weighted by atomic mass is 9.93. The van der Waals surface area contributed by atoms with E-state index in [1.165, 1.54) is 23.9 Å². The second-order valence-corrected chi connectivity index (χ2v) is 15.8. The van der Waals surface area contributed by atoms with Crippen molar-refractivity contribution in [3.8, 4) is 0 Å². The standard InChI is InChI=1S/C23H32N10O9P2S/c1-10-11(2)22(32-9-30-16-18(24)26-7-28-20(16)32)41-13(10)5-38-43(3,35)42-12-4-15(40-14(12)6-39-44(36,37)45)33-21-17(31-23(33)34)19(25)27-8-29-21/h7-15,22H,4-6H2,1-3H3,(H,31,34)(H2,24,26,28)(H2,25,27,29)(H2,36,37,45)/t10?,11?,12-,13+,14+,15+,22+,43?/m0/s1. The zero-order valence-corrected chi connectivity index (χ0v) is 26.9. The Labute approximate surface area is 260 Å². The van der Waals surface area contributed by atoms with Crippen molar-refractivity contribution in [3.63, 3.8) is 0 Å². The number of ether oxygens (including phenoxy) is 2. The molecule has 45 heavy (non-hydrogen) atoms. The Morgan fingerprint density at radius 2 is 1.71 bits per heavy atom. The van der Waals surface area contributed by atoms with Gasteiger partial charge in [0.1, 0.15) is 42.2 Å². The second-order valence-electron chi connectivity index (χ2n) is 11.0. The van der Waals surface area contributed by atoms with Crippen LogP contribution < -0.4 is 17.2 Å². The highest BCUT2D eigenvalue weighted by Crippen LogP contribution is 2.52. The molecule has 2 fully saturated rings. The number of nitrogens with two attached hydrogens (primary N) is 2. The molecule has 0 saturated carbocycles. The SMILES string of the molecule is CC1C(C)[C@@H](COP(C)(=O)O[C@H]2C[C@H](n3c(=O)[nH]c4c(N)ncnc43)O[C@@H]2COP(=O)(O)S)O[C@H]1n1cnc2c(N)ncnc21. The summed E-state index contributed by atoms with van der Waals surface area (Å²) in [6, 6.07) is 0. The van der Waals surface area contributed by atoms with Crippen LogP contribution in [-0.4, -0.2) is 82.1 Å². The molecule has 19 nitrogen and oxygen atoms in total. The molecule has 2 aliphatic heterocycles. The minimum atomic E-state index is -4.21. The lowest BCUT2D eigenvalue weighted by Gasteiger charge is -2.24. The summed E-state index contributed by atoms with van der Waals surface area (Å²) < 4.78 is 57.4. The summed E-state index contributed by atoms with van der Waals surface area (Å²) >= 11 is 3.54. The van der Waals surface area contributed by atoms with E-state index in [0.29, 0.717) is 11.2 Å². The van der Waals surface area contributed by atoms with Crippen molar-refractivity contribution in [1.29, 1.82) is 0 Å². The Kier molecular flexibility index (Phi) is 8.55. The summed E-state index contributed by atoms with van der Waals surface area (Å²) in [5.41, 5.74) is 12.6. The third kappa shape index (κ3) is 6.39. The van der Waals surface area contributed by atoms with Gasteiger partial charge in [0.25, 0.3) is 0 Å². The lowest BCUT2D eigenvalue weighted by molar-refractivity contribution is -0.0434. The third-order valence-corrected chi connectivity index (χ3v) is 10.2. The number of rotatable bonds is 10. The van der Waals surface area contributed by atoms with Gasteiger partial charge in [-0.05, 0) is 5.92 Å². The van der Waals surface area contributed by atoms with Gasteiger partial charge >= 0.3 is 20.1 Å². The van der Waals surface area contributed by atoms with Crippen molar-refractivity contribution in [2.45, 2.75) is 51.0 Å². The molecule has 2 aliphatic rings. The van der Waals surface area contributed by atoms with Gasteiger partial charge in [0.2, 0.25) is 0 Å². The molecular formula is C23H32N10O9P2S. The lowest BCUT2D eigenvalue weighted by Crippen LogP contribution is -2.29. The van der Waals surface area contributed by atoms with E-state index in [1.54, 1.807) is 10.9 Å². The number of aromatic nitrogens is 8. The van der Waals surface area contributed by atoms with Crippen LogP contribution >= 0.6 is 26.6 Å². The van der Waals surface area contributed by atoms with Gasteiger partial charge in [-0.3, -0.25) is 13.7 Å². The summed E-state index contributed by atoms with van der Waals surface area (Å²) in [4.78, 5) is 45.6. The smallest absolute Gasteiger partial charge is 0.382 e. The predicted molar refractivity (Wildman–Crippen MR) is 162 cm³/mol. The Bertz CT molecular complexity index is 1880. The van der Waals surface area contributed by atoms with E-state index in [1.807, 2.05) is 13.8 Å². The molecule has 6 rings (SSSR count). The fraction of sp³-hybridized carbons (Fsp3) is 0.565. The highest BCUT2D eigenvalue weighted by atomic mass is 32.7. The number of hydrogen-bond acceptors (Lipinski definition) is 15. The summed E-state index contributed by atoms with van der Waals surface area (Å²) in [6.07, 6.45) is 0.203. The zero-order valence-electron chi connectivity index (χ0n) is 24.2. The molecule has 4 aromatic rings. The first-order valence-corrected chi connectivity index (χ1v) is 18.5. The Hall–Kier alpha value is -2.93. The average Bonchev–Trinajstić information content (AvgIpc) is 3.71. The second kappa shape index (κ2) is 12.0. The molecule has 22 heteroatoms. The summed E-state index contributed by atoms with van der Waals surface area (Å²) in [7, 11) is -3.80. The van der Waals surface area contributed by atoms with Crippen LogP contribution in [0.3, 0.4) is 0 Å². The van der Waals surface area contributed by atoms with E-state index >= 15 is 0 Å². The first-order chi connectivity index (χ1) is 21.2. The van der Waals surface area contributed by atoms with Crippen LogP contribution in [0.25, 0.3) is 22.3 Å². The Balaban J connectivity index is 1.16. The number of hydrogen-bond donors (Lipinski definition) is 5. The molecular weight excluding hydrogens is 654 g/mol. The number of fused-ring (bicyclic) bond motifs is 2. The molecule has 6 heterocycles. The third-order valence-electron chi connectivity index (χ3n) is 8.05. The molecule has 0 amide bonds. The number of anilines is 2. The molecule has 0 aliphatic carbocycles. The molecule has 9 atom stereocenters. The van der Waals surface area contributed by atoms with E-state index < -0.39 is 57.5 Å². The van der Waals surface area contributed by atoms with Crippen molar-refractivity contribution < 1.29 is 37.1 Å². The number of H-pyrrole nitrogens is 1. The highest BCUT2D eigenvalue weighted by Gasteiger charge is 2.45. The van der Waals surface area contributed by atoms with Crippen molar-refractivity contribution in [3.05, 3.63) is 29.5 Å². The normalized spacial score (nSPS) is 29.8. The average molecular weight is 687 g/mol. The van der Waals surface area contributed by atoms with Gasteiger partial charge in [-0.15, -0.1) is 0 Å². The predicted octanol–water partition coefficient (Wildman–Crippen LogP) is 1.85. The zero-order chi connectivity index (χ0) is 32.3. The minimum absolute atomic E-state index is 0.00222. The Morgan fingerprint density at radius 1 is 1.02 bits per heavy atom. The van der Waals surface area contributed by atoms with Crippen molar-refractivity contribution >= 4 is 60.6 Å². The maximum absolute atomic E-state index is 13.6. The molecule has 244 valence electrons. The fourth-order valence-corrected chi connectivity index (χ4v) is 7.32. The van der Waals surface area contributed by atoms with E-state index in [2.05, 4.69) is 42.2 Å². The van der Waals surface area contributed by atoms with Crippen molar-refractivity contribution in [1.82, 2.24) is 39.0 Å². The van der Waals surface area contributed by atoms with Crippen LogP contribution in [0.2, 0.25) is 0 Å². The van der Waals surface area contributed by atoms with E-state index in [4.69, 9.17) is 34.5 Å². The maximum atomic E-state index is 13.6. The maximum Gasteiger partial charge on any atom is 0.383 e. The fourth-order valence-electron chi connectivity index (χ4n) is 5.59. The quantitative estimate of drug-likeness (QED) is 0.118. The first kappa shape index (κ1) is 32.0. The summed E-state index contributed by atoms with van der Waals surface area (Å²) in [5.74, 6) is 0.288. The van der Waals surface area contributed by atoms with Crippen molar-refractivity contribution in [2.24, 2.45) is 11.8 Å². The van der Waals surface area contributed by atoms with Gasteiger partial charge in [-0.25, -0.2) is 38.8 Å². The van der Waals surface area contributed by atoms with Crippen LogP contribution in [-0.2, 0) is 32.2 Å². The van der Waals surface area contributed by atoms with E-state index in [0.717, 1.165) is 0 Å². The topological polar surface area (TPSA) is 260 Å². The van der Waals surface area contributed by atoms with Crippen LogP contribution in [0.15, 0.2) is 23.8 Å². The van der Waals surface area contributed by atoms with Gasteiger partial charge in [0, 0.05) is 19.0 Å². The van der Waals surface area contributed by atoms with Crippen LogP contribution in [0.4, 0.5) is 11.6 Å². The molecule has 2 saturated heterocycles. The molecule has 0 aromatic carbocycles. The summed E-state index contributed by atoms with van der Waals surface area (Å²) in [6.45, 7) is 0.566. The number of nitrogens with zero attached hydrogens (tertiary/aromatic N) is 7. The molecule has 6 N–H and O–H groups in total. The van der Waals surface area contributed by atoms with Gasteiger partial charge in [0.15, 0.2) is 22.9 Å². The number of thiol groups is 1. The van der Waals surface area contributed by atoms with E-state index in [9.17, 15) is 18.8 Å². The number of aromatic amines is 1. The number of nitrogens with one attached hydrogen (secondary N) is 1. The highest BCUT2D eigenvalue weighted by molar-refractivity contribution is 8.44. The van der Waals surface area contributed by atoms with Gasteiger partial charge in [-0.2, -0.15) is 0 Å². The monoisotopic (exact) mass is 686 g/mol. The molecule has 0 radical (unpaired) electrons. The van der Waals surface area contributed by atoms with Gasteiger partial charge < -0.3 is 39.9 Å². The van der Waals surface area contributed by atoms with E-state index in [-0.39, 0.29) is 47.7 Å². The first-order valence-electron chi connectivity index (χ1n) is 13.8. The van der Waals surface area contributed by atoms with Crippen molar-refractivity contribution in [2.75, 3.05) is 31.3 Å². The van der Waals surface area contributed by atoms with Gasteiger partial charge in [0.05, 0.1) is 31.7 Å². The largest absolute Gasteiger partial charge is 0.383 e. The van der Waals surface area contributed by atoms with Crippen LogP contribution in [0.5, 0.6) is 0 Å². The number of imidazole rings is 2. The van der Waals surface area contributed by atoms with Crippen LogP contribution in [0.1, 0.15) is 32.7 Å². The molecule has 0 bridgehead atoms. The van der Waals surface area contributed by atoms with Crippen LogP contribution in [0, 0.1) is 11.8 Å². The molecule has 4 aromatic heterocycles. The molecule has 0 spiro atoms.